The molecule has 0 saturated heterocycles. The summed E-state index contributed by atoms with van der Waals surface area (Å²) < 4.78 is 28.3. The van der Waals surface area contributed by atoms with E-state index in [9.17, 15) is 22.8 Å². The first-order valence-corrected chi connectivity index (χ1v) is 11.6. The van der Waals surface area contributed by atoms with Crippen molar-refractivity contribution < 1.29 is 13.2 Å². The van der Waals surface area contributed by atoms with Crippen molar-refractivity contribution >= 4 is 32.8 Å². The van der Waals surface area contributed by atoms with Gasteiger partial charge in [0.2, 0.25) is 15.9 Å². The number of anilines is 1. The average Bonchev–Trinajstić information content (AvgIpc) is 3.18. The summed E-state index contributed by atoms with van der Waals surface area (Å²) >= 11 is 0. The lowest BCUT2D eigenvalue weighted by molar-refractivity contribution is -0.116. The van der Waals surface area contributed by atoms with Crippen LogP contribution in [0.5, 0.6) is 0 Å². The number of carbonyl (C=O) groups is 1. The lowest BCUT2D eigenvalue weighted by Crippen LogP contribution is -2.31. The first kappa shape index (κ1) is 23.4. The molecule has 2 heterocycles. The second kappa shape index (κ2) is 9.09. The number of aromatic nitrogens is 4. The van der Waals surface area contributed by atoms with Gasteiger partial charge in [0.15, 0.2) is 5.65 Å². The van der Waals surface area contributed by atoms with Crippen molar-refractivity contribution in [3.63, 3.8) is 0 Å². The molecule has 0 aliphatic carbocycles. The first-order chi connectivity index (χ1) is 15.1. The Morgan fingerprint density at radius 3 is 2.53 bits per heavy atom. The number of carbonyl (C=O) groups excluding carboxylic acids is 1. The van der Waals surface area contributed by atoms with E-state index in [0.717, 1.165) is 0 Å². The van der Waals surface area contributed by atoms with Crippen LogP contribution in [0, 0.1) is 6.92 Å². The molecule has 0 aliphatic heterocycles. The van der Waals surface area contributed by atoms with Crippen molar-refractivity contribution in [3.05, 3.63) is 50.4 Å². The number of hydrogen-bond donors (Lipinski definition) is 3. The molecule has 0 aliphatic rings. The predicted molar refractivity (Wildman–Crippen MR) is 120 cm³/mol. The zero-order valence-corrected chi connectivity index (χ0v) is 19.2. The molecule has 0 saturated carbocycles. The SMILES string of the molecule is CCN(CC)S(=O)(=O)c1cc(NC(=O)CCc2nc3c([nH]2)c(=O)[nH]c(=O)n3C)ccc1C. The molecule has 11 nitrogen and oxygen atoms in total. The number of nitrogens with one attached hydrogen (secondary N) is 3. The molecular formula is C20H26N6O5S. The molecule has 0 atom stereocenters. The highest BCUT2D eigenvalue weighted by molar-refractivity contribution is 7.89. The number of benzene rings is 1. The lowest BCUT2D eigenvalue weighted by atomic mass is 10.2. The quantitative estimate of drug-likeness (QED) is 0.452. The molecule has 1 amide bonds. The molecule has 172 valence electrons. The smallest absolute Gasteiger partial charge is 0.329 e. The topological polar surface area (TPSA) is 150 Å². The number of aryl methyl sites for hydroxylation is 3. The minimum Gasteiger partial charge on any atom is -0.336 e. The first-order valence-electron chi connectivity index (χ1n) is 10.2. The minimum atomic E-state index is -3.67. The van der Waals surface area contributed by atoms with Crippen molar-refractivity contribution in [2.24, 2.45) is 7.05 Å². The van der Waals surface area contributed by atoms with Crippen LogP contribution in [0.3, 0.4) is 0 Å². The van der Waals surface area contributed by atoms with Crippen LogP contribution in [0.4, 0.5) is 5.69 Å². The van der Waals surface area contributed by atoms with Crippen LogP contribution in [0.25, 0.3) is 11.2 Å². The fourth-order valence-corrected chi connectivity index (χ4v) is 5.09. The lowest BCUT2D eigenvalue weighted by Gasteiger charge is -2.20. The highest BCUT2D eigenvalue weighted by Gasteiger charge is 2.24. The molecule has 32 heavy (non-hydrogen) atoms. The number of sulfonamides is 1. The molecular weight excluding hydrogens is 436 g/mol. The molecule has 1 aromatic carbocycles. The monoisotopic (exact) mass is 462 g/mol. The van der Waals surface area contributed by atoms with E-state index >= 15 is 0 Å². The number of imidazole rings is 1. The number of fused-ring (bicyclic) bond motifs is 1. The maximum atomic E-state index is 12.9. The summed E-state index contributed by atoms with van der Waals surface area (Å²) in [5.41, 5.74) is 0.176. The number of rotatable bonds is 8. The Bertz CT molecular complexity index is 1380. The molecule has 3 rings (SSSR count). The van der Waals surface area contributed by atoms with Gasteiger partial charge in [-0.25, -0.2) is 18.2 Å². The zero-order chi connectivity index (χ0) is 23.6. The second-order valence-electron chi connectivity index (χ2n) is 7.32. The van der Waals surface area contributed by atoms with Gasteiger partial charge in [0, 0.05) is 38.7 Å². The van der Waals surface area contributed by atoms with Crippen molar-refractivity contribution in [2.45, 2.75) is 38.5 Å². The fourth-order valence-electron chi connectivity index (χ4n) is 3.38. The van der Waals surface area contributed by atoms with Crippen LogP contribution in [-0.4, -0.2) is 51.2 Å². The number of nitrogens with zero attached hydrogens (tertiary/aromatic N) is 3. The molecule has 0 bridgehead atoms. The van der Waals surface area contributed by atoms with E-state index < -0.39 is 21.3 Å². The van der Waals surface area contributed by atoms with Gasteiger partial charge >= 0.3 is 5.69 Å². The third-order valence-electron chi connectivity index (χ3n) is 5.19. The Hall–Kier alpha value is -3.25. The summed E-state index contributed by atoms with van der Waals surface area (Å²) in [4.78, 5) is 45.4. The Balaban J connectivity index is 1.75. The van der Waals surface area contributed by atoms with Gasteiger partial charge in [0.25, 0.3) is 5.56 Å². The van der Waals surface area contributed by atoms with E-state index in [4.69, 9.17) is 0 Å². The fraction of sp³-hybridized carbons (Fsp3) is 0.400. The summed E-state index contributed by atoms with van der Waals surface area (Å²) in [6, 6.07) is 4.75. The van der Waals surface area contributed by atoms with Gasteiger partial charge in [0.05, 0.1) is 4.90 Å². The van der Waals surface area contributed by atoms with Crippen LogP contribution in [0.1, 0.15) is 31.7 Å². The normalized spacial score (nSPS) is 11.9. The Labute approximate surface area is 184 Å². The summed E-state index contributed by atoms with van der Waals surface area (Å²) in [6.07, 6.45) is 0.238. The number of amides is 1. The van der Waals surface area contributed by atoms with Crippen molar-refractivity contribution in [3.8, 4) is 0 Å². The van der Waals surface area contributed by atoms with Gasteiger partial charge in [0.1, 0.15) is 11.3 Å². The van der Waals surface area contributed by atoms with Gasteiger partial charge < -0.3 is 10.3 Å². The van der Waals surface area contributed by atoms with E-state index in [0.29, 0.717) is 30.2 Å². The van der Waals surface area contributed by atoms with E-state index in [2.05, 4.69) is 20.3 Å². The number of aromatic amines is 2. The molecule has 0 fully saturated rings. The Kier molecular flexibility index (Phi) is 6.65. The van der Waals surface area contributed by atoms with Gasteiger partial charge in [-0.3, -0.25) is 19.1 Å². The molecule has 3 aromatic rings. The van der Waals surface area contributed by atoms with Crippen molar-refractivity contribution in [2.75, 3.05) is 18.4 Å². The van der Waals surface area contributed by atoms with Gasteiger partial charge in [-0.05, 0) is 24.6 Å². The van der Waals surface area contributed by atoms with Crippen molar-refractivity contribution in [1.29, 1.82) is 0 Å². The van der Waals surface area contributed by atoms with Crippen LogP contribution in [-0.2, 0) is 28.3 Å². The average molecular weight is 463 g/mol. The molecule has 3 N–H and O–H groups in total. The Morgan fingerprint density at radius 2 is 1.88 bits per heavy atom. The number of hydrogen-bond acceptors (Lipinski definition) is 6. The summed E-state index contributed by atoms with van der Waals surface area (Å²) in [6.45, 7) is 5.94. The zero-order valence-electron chi connectivity index (χ0n) is 18.4. The molecule has 2 aromatic heterocycles. The van der Waals surface area contributed by atoms with Crippen LogP contribution >= 0.6 is 0 Å². The summed E-state index contributed by atoms with van der Waals surface area (Å²) in [5.74, 6) is 0.0406. The molecule has 0 unspecified atom stereocenters. The highest BCUT2D eigenvalue weighted by atomic mass is 32.2. The standard InChI is InChI=1S/C20H26N6O5S/c1-5-26(6-2)32(30,31)14-11-13(8-7-12(14)3)21-16(27)10-9-15-22-17-18(23-15)25(4)20(29)24-19(17)28/h7-8,11H,5-6,9-10H2,1-4H3,(H,21,27)(H,22,23)(H,24,28,29). The van der Waals surface area contributed by atoms with E-state index in [1.165, 1.54) is 22.0 Å². The third kappa shape index (κ3) is 4.50. The van der Waals surface area contributed by atoms with E-state index in [-0.39, 0.29) is 34.8 Å². The largest absolute Gasteiger partial charge is 0.336 e. The highest BCUT2D eigenvalue weighted by Crippen LogP contribution is 2.23. The molecule has 0 spiro atoms. The summed E-state index contributed by atoms with van der Waals surface area (Å²) in [7, 11) is -2.18. The predicted octanol–water partition coefficient (Wildman–Crippen LogP) is 0.860. The van der Waals surface area contributed by atoms with Gasteiger partial charge in [-0.1, -0.05) is 19.9 Å². The minimum absolute atomic E-state index is 0.0394. The van der Waals surface area contributed by atoms with Crippen LogP contribution < -0.4 is 16.6 Å². The maximum Gasteiger partial charge on any atom is 0.329 e. The Morgan fingerprint density at radius 1 is 1.19 bits per heavy atom. The van der Waals surface area contributed by atoms with E-state index in [1.54, 1.807) is 32.9 Å². The second-order valence-corrected chi connectivity index (χ2v) is 9.22. The van der Waals surface area contributed by atoms with Crippen molar-refractivity contribution in [1.82, 2.24) is 23.8 Å². The molecule has 12 heteroatoms. The maximum absolute atomic E-state index is 12.9. The van der Waals surface area contributed by atoms with Crippen LogP contribution in [0.2, 0.25) is 0 Å². The van der Waals surface area contributed by atoms with Crippen LogP contribution in [0.15, 0.2) is 32.7 Å². The number of H-pyrrole nitrogens is 2. The molecule has 0 radical (unpaired) electrons. The third-order valence-corrected chi connectivity index (χ3v) is 7.38. The van der Waals surface area contributed by atoms with Gasteiger partial charge in [-0.15, -0.1) is 0 Å². The summed E-state index contributed by atoms with van der Waals surface area (Å²) in [5, 5.41) is 2.71. The van der Waals surface area contributed by atoms with Gasteiger partial charge in [-0.2, -0.15) is 4.31 Å². The van der Waals surface area contributed by atoms with E-state index in [1.807, 2.05) is 0 Å².